The highest BCUT2D eigenvalue weighted by Gasteiger charge is 2.28. The van der Waals surface area contributed by atoms with Crippen LogP contribution in [0.15, 0.2) is 48.5 Å². The average Bonchev–Trinajstić information content (AvgIpc) is 3.23. The summed E-state index contributed by atoms with van der Waals surface area (Å²) in [7, 11) is 0. The first-order valence-electron chi connectivity index (χ1n) is 10.4. The van der Waals surface area contributed by atoms with E-state index < -0.39 is 11.9 Å². The fourth-order valence-corrected chi connectivity index (χ4v) is 3.83. The molecule has 1 aliphatic rings. The van der Waals surface area contributed by atoms with E-state index in [1.165, 1.54) is 0 Å². The van der Waals surface area contributed by atoms with Crippen molar-refractivity contribution in [3.63, 3.8) is 0 Å². The van der Waals surface area contributed by atoms with Crippen LogP contribution in [-0.2, 0) is 28.9 Å². The lowest BCUT2D eigenvalue weighted by molar-refractivity contribution is -0.120. The molecule has 0 saturated heterocycles. The van der Waals surface area contributed by atoms with Crippen molar-refractivity contribution in [2.75, 3.05) is 6.61 Å². The molecule has 3 N–H and O–H groups in total. The molecule has 33 heavy (non-hydrogen) atoms. The Labute approximate surface area is 204 Å². The average molecular weight is 559 g/mol. The van der Waals surface area contributed by atoms with Crippen LogP contribution >= 0.6 is 22.9 Å². The van der Waals surface area contributed by atoms with Gasteiger partial charge >= 0.3 is 0 Å². The molecular formula is C23H22IN5O4. The van der Waals surface area contributed by atoms with Gasteiger partial charge in [-0.3, -0.25) is 23.0 Å². The minimum absolute atomic E-state index is 0.0219. The van der Waals surface area contributed by atoms with Gasteiger partial charge in [-0.2, -0.15) is 0 Å². The van der Waals surface area contributed by atoms with Gasteiger partial charge in [0.05, 0.1) is 22.9 Å². The second-order valence-corrected chi connectivity index (χ2v) is 8.25. The van der Waals surface area contributed by atoms with Gasteiger partial charge in [0.25, 0.3) is 5.91 Å². The quantitative estimate of drug-likeness (QED) is 0.301. The van der Waals surface area contributed by atoms with Crippen molar-refractivity contribution in [3.05, 3.63) is 76.9 Å². The summed E-state index contributed by atoms with van der Waals surface area (Å²) in [6.07, 6.45) is 1.56. The number of nitrogens with one attached hydrogen (secondary N) is 3. The number of rotatable bonds is 7. The maximum Gasteiger partial charge on any atom is 0.291 e. The molecule has 10 heteroatoms. The molecule has 0 spiro atoms. The number of aromatic amines is 1. The summed E-state index contributed by atoms with van der Waals surface area (Å²) in [5, 5.41) is 9.45. The Kier molecular flexibility index (Phi) is 7.33. The Morgan fingerprint density at radius 3 is 2.76 bits per heavy atom. The number of halogens is 1. The van der Waals surface area contributed by atoms with E-state index in [-0.39, 0.29) is 30.5 Å². The summed E-state index contributed by atoms with van der Waals surface area (Å²) >= 11 is 1.81. The number of ether oxygens (including phenoxy) is 1. The molecule has 9 nitrogen and oxygen atoms in total. The third-order valence-electron chi connectivity index (χ3n) is 5.28. The van der Waals surface area contributed by atoms with Crippen LogP contribution in [0.2, 0.25) is 0 Å². The first-order valence-corrected chi connectivity index (χ1v) is 11.5. The zero-order valence-electron chi connectivity index (χ0n) is 17.6. The molecule has 0 aliphatic carbocycles. The van der Waals surface area contributed by atoms with Crippen LogP contribution in [0, 0.1) is 0 Å². The number of fused-ring (bicyclic) bond motifs is 1. The molecule has 170 valence electrons. The van der Waals surface area contributed by atoms with Crippen LogP contribution in [0.4, 0.5) is 0 Å². The number of carbonyl (C=O) groups excluding carboxylic acids is 3. The van der Waals surface area contributed by atoms with Crippen molar-refractivity contribution in [2.24, 2.45) is 0 Å². The van der Waals surface area contributed by atoms with Crippen LogP contribution in [0.25, 0.3) is 0 Å². The third-order valence-corrected chi connectivity index (χ3v) is 5.89. The van der Waals surface area contributed by atoms with Gasteiger partial charge in [0, 0.05) is 24.8 Å². The third kappa shape index (κ3) is 5.95. The van der Waals surface area contributed by atoms with Gasteiger partial charge in [0.2, 0.25) is 11.7 Å². The van der Waals surface area contributed by atoms with Gasteiger partial charge in [-0.05, 0) is 23.6 Å². The lowest BCUT2D eigenvalue weighted by Crippen LogP contribution is -2.44. The molecular weight excluding hydrogens is 537 g/mol. The van der Waals surface area contributed by atoms with E-state index in [0.717, 1.165) is 16.7 Å². The summed E-state index contributed by atoms with van der Waals surface area (Å²) < 4.78 is 8.35. The predicted octanol–water partition coefficient (Wildman–Crippen LogP) is 2.10. The second kappa shape index (κ2) is 10.6. The first-order chi connectivity index (χ1) is 16.0. The topological polar surface area (TPSA) is 126 Å². The van der Waals surface area contributed by atoms with Crippen molar-refractivity contribution in [1.29, 1.82) is 0 Å². The smallest absolute Gasteiger partial charge is 0.291 e. The molecule has 1 aromatic heterocycles. The fraction of sp³-hybridized carbons (Fsp3) is 0.261. The predicted molar refractivity (Wildman–Crippen MR) is 128 cm³/mol. The van der Waals surface area contributed by atoms with E-state index in [0.29, 0.717) is 30.8 Å². The number of nitrogens with zero attached hydrogens (tertiary/aromatic N) is 2. The van der Waals surface area contributed by atoms with Gasteiger partial charge in [-0.1, -0.05) is 42.5 Å². The normalized spacial score (nSPS) is 15.2. The molecule has 2 amide bonds. The monoisotopic (exact) mass is 559 g/mol. The Morgan fingerprint density at radius 1 is 1.15 bits per heavy atom. The van der Waals surface area contributed by atoms with Crippen molar-refractivity contribution in [2.45, 2.75) is 31.7 Å². The number of H-pyrrole nitrogens is 1. The number of Topliss-reactive ketones (excluding diaryl/α,β-unsaturated/α-hetero) is 1. The molecule has 3 aromatic rings. The maximum absolute atomic E-state index is 12.8. The van der Waals surface area contributed by atoms with Crippen LogP contribution < -0.4 is 13.6 Å². The molecule has 1 unspecified atom stereocenters. The summed E-state index contributed by atoms with van der Waals surface area (Å²) in [4.78, 5) is 41.2. The van der Waals surface area contributed by atoms with Crippen LogP contribution in [0.5, 0.6) is 5.75 Å². The van der Waals surface area contributed by atoms with Crippen molar-refractivity contribution in [1.82, 2.24) is 24.0 Å². The molecule has 0 saturated carbocycles. The van der Waals surface area contributed by atoms with E-state index in [2.05, 4.69) is 24.0 Å². The lowest BCUT2D eigenvalue weighted by Gasteiger charge is -2.13. The Hall–Kier alpha value is -3.28. The lowest BCUT2D eigenvalue weighted by atomic mass is 10.0. The largest absolute Gasteiger partial charge is 0.491 e. The minimum Gasteiger partial charge on any atom is -0.491 e. The van der Waals surface area contributed by atoms with Gasteiger partial charge in [0.15, 0.2) is 5.78 Å². The molecule has 1 aliphatic heterocycles. The number of benzene rings is 2. The summed E-state index contributed by atoms with van der Waals surface area (Å²) in [6.45, 7) is 0.0233. The number of carbonyl (C=O) groups is 3. The van der Waals surface area contributed by atoms with Crippen molar-refractivity contribution >= 4 is 40.5 Å². The molecule has 0 radical (unpaired) electrons. The number of hydrogen-bond donors (Lipinski definition) is 3. The molecule has 0 fully saturated rings. The van der Waals surface area contributed by atoms with Gasteiger partial charge in [-0.25, -0.2) is 4.98 Å². The maximum atomic E-state index is 12.8. The zero-order chi connectivity index (χ0) is 23.2. The van der Waals surface area contributed by atoms with Crippen molar-refractivity contribution in [3.8, 4) is 5.75 Å². The van der Waals surface area contributed by atoms with E-state index in [4.69, 9.17) is 4.74 Å². The highest BCUT2D eigenvalue weighted by Crippen LogP contribution is 2.25. The molecule has 1 atom stereocenters. The Bertz CT molecular complexity index is 1160. The standard InChI is InChI=1S/C23H22IN5O4/c24-27-21(31)9-7-15-6-8-19-16(10-15)12-18(30)17(13-33-19)25-23(32)22-26-20(28-29-22)11-14-4-2-1-3-5-14/h1-6,8,10,17H,7,9,11-13H2,(H,25,32)(H,27,31)(H,26,28,29). The minimum atomic E-state index is -0.811. The van der Waals surface area contributed by atoms with Crippen LogP contribution in [-0.4, -0.2) is 45.4 Å². The van der Waals surface area contributed by atoms with Crippen molar-refractivity contribution < 1.29 is 19.1 Å². The number of amides is 2. The Balaban J connectivity index is 1.37. The molecule has 2 heterocycles. The summed E-state index contributed by atoms with van der Waals surface area (Å²) in [5.74, 6) is 0.385. The Morgan fingerprint density at radius 2 is 1.97 bits per heavy atom. The highest BCUT2D eigenvalue weighted by atomic mass is 127. The highest BCUT2D eigenvalue weighted by molar-refractivity contribution is 14.1. The summed E-state index contributed by atoms with van der Waals surface area (Å²) in [5.41, 5.74) is 2.73. The molecule has 2 aromatic carbocycles. The fourth-order valence-electron chi connectivity index (χ4n) is 3.56. The number of aryl methyl sites for hydroxylation is 1. The van der Waals surface area contributed by atoms with Gasteiger partial charge in [-0.15, -0.1) is 5.10 Å². The molecule has 0 bridgehead atoms. The number of hydrogen-bond acceptors (Lipinski definition) is 6. The molecule has 4 rings (SSSR count). The van der Waals surface area contributed by atoms with E-state index in [1.807, 2.05) is 65.3 Å². The first kappa shape index (κ1) is 22.9. The van der Waals surface area contributed by atoms with Gasteiger partial charge < -0.3 is 10.1 Å². The summed E-state index contributed by atoms with van der Waals surface area (Å²) in [6, 6.07) is 14.5. The van der Waals surface area contributed by atoms with E-state index in [1.54, 1.807) is 6.07 Å². The van der Waals surface area contributed by atoms with Crippen LogP contribution in [0.1, 0.15) is 39.6 Å². The second-order valence-electron chi connectivity index (χ2n) is 7.71. The number of aromatic nitrogens is 3. The zero-order valence-corrected chi connectivity index (χ0v) is 19.8. The van der Waals surface area contributed by atoms with E-state index >= 15 is 0 Å². The number of ketones is 1. The van der Waals surface area contributed by atoms with Gasteiger partial charge in [0.1, 0.15) is 24.2 Å². The van der Waals surface area contributed by atoms with Crippen LogP contribution in [0.3, 0.4) is 0 Å². The van der Waals surface area contributed by atoms with E-state index in [9.17, 15) is 14.4 Å². The SMILES string of the molecule is O=C(CCc1ccc2c(c1)CC(=O)C(NC(=O)c1n[nH]c(Cc3ccccc3)n1)CO2)NI.